The van der Waals surface area contributed by atoms with Crippen LogP contribution in [0.3, 0.4) is 0 Å². The quantitative estimate of drug-likeness (QED) is 0.846. The van der Waals surface area contributed by atoms with Crippen LogP contribution in [0.1, 0.15) is 29.3 Å². The number of carbonyl (C=O) groups is 1. The number of nitrogens with zero attached hydrogens (tertiary/aromatic N) is 3. The van der Waals surface area contributed by atoms with Crippen LogP contribution in [0.2, 0.25) is 0 Å². The molecule has 25 heavy (non-hydrogen) atoms. The number of hydrogen-bond acceptors (Lipinski definition) is 4. The maximum atomic E-state index is 12.7. The van der Waals surface area contributed by atoms with Gasteiger partial charge in [0, 0.05) is 25.8 Å². The minimum absolute atomic E-state index is 0.228. The van der Waals surface area contributed by atoms with Gasteiger partial charge in [0.1, 0.15) is 4.90 Å². The molecule has 134 valence electrons. The Morgan fingerprint density at radius 3 is 2.64 bits per heavy atom. The lowest BCUT2D eigenvalue weighted by molar-refractivity contribution is 0.0697. The number of carboxylic acids is 1. The van der Waals surface area contributed by atoms with Gasteiger partial charge in [-0.1, -0.05) is 12.1 Å². The summed E-state index contributed by atoms with van der Waals surface area (Å²) in [5.41, 5.74) is 1.28. The molecule has 0 amide bonds. The molecular weight excluding hydrogens is 342 g/mol. The average Bonchev–Trinajstić information content (AvgIpc) is 3.25. The van der Waals surface area contributed by atoms with Crippen LogP contribution in [0.4, 0.5) is 0 Å². The lowest BCUT2D eigenvalue weighted by atomic mass is 9.98. The van der Waals surface area contributed by atoms with Crippen LogP contribution >= 0.6 is 0 Å². The van der Waals surface area contributed by atoms with Crippen LogP contribution in [0.15, 0.2) is 41.6 Å². The van der Waals surface area contributed by atoms with Crippen molar-refractivity contribution >= 4 is 16.0 Å². The highest BCUT2D eigenvalue weighted by Crippen LogP contribution is 2.26. The van der Waals surface area contributed by atoms with Gasteiger partial charge in [0.15, 0.2) is 0 Å². The minimum atomic E-state index is -3.50. The summed E-state index contributed by atoms with van der Waals surface area (Å²) < 4.78 is 28.5. The fourth-order valence-corrected chi connectivity index (χ4v) is 4.58. The first-order chi connectivity index (χ1) is 11.9. The molecule has 1 aromatic heterocycles. The summed E-state index contributed by atoms with van der Waals surface area (Å²) in [5, 5.41) is 13.0. The summed E-state index contributed by atoms with van der Waals surface area (Å²) in [6.07, 6.45) is 4.49. The smallest absolute Gasteiger partial charge is 0.335 e. The normalized spacial score (nSPS) is 18.5. The van der Waals surface area contributed by atoms with E-state index in [1.165, 1.54) is 10.5 Å². The number of rotatable bonds is 6. The largest absolute Gasteiger partial charge is 0.478 e. The van der Waals surface area contributed by atoms with E-state index in [4.69, 9.17) is 5.11 Å². The van der Waals surface area contributed by atoms with Gasteiger partial charge in [0.05, 0.1) is 11.8 Å². The molecule has 1 N–H and O–H groups in total. The Bertz CT molecular complexity index is 858. The van der Waals surface area contributed by atoms with Gasteiger partial charge in [-0.2, -0.15) is 9.40 Å². The number of carboxylic acid groups (broad SMARTS) is 1. The third kappa shape index (κ3) is 3.74. The zero-order valence-corrected chi connectivity index (χ0v) is 14.8. The fourth-order valence-electron chi connectivity index (χ4n) is 3.10. The van der Waals surface area contributed by atoms with E-state index in [0.29, 0.717) is 19.6 Å². The van der Waals surface area contributed by atoms with Crippen LogP contribution in [0.5, 0.6) is 0 Å². The molecule has 1 aliphatic heterocycles. The lowest BCUT2D eigenvalue weighted by Gasteiger charge is -2.15. The van der Waals surface area contributed by atoms with E-state index in [0.717, 1.165) is 18.4 Å². The molecule has 1 fully saturated rings. The third-order valence-corrected chi connectivity index (χ3v) is 6.36. The summed E-state index contributed by atoms with van der Waals surface area (Å²) >= 11 is 0. The number of benzene rings is 1. The molecule has 0 radical (unpaired) electrons. The van der Waals surface area contributed by atoms with Gasteiger partial charge < -0.3 is 5.11 Å². The molecule has 2 aromatic rings. The molecule has 3 rings (SSSR count). The van der Waals surface area contributed by atoms with Crippen molar-refractivity contribution < 1.29 is 18.3 Å². The van der Waals surface area contributed by atoms with Crippen LogP contribution in [0, 0.1) is 5.92 Å². The molecule has 1 saturated heterocycles. The van der Waals surface area contributed by atoms with Crippen molar-refractivity contribution in [1.82, 2.24) is 14.1 Å². The van der Waals surface area contributed by atoms with Crippen molar-refractivity contribution in [3.8, 4) is 0 Å². The van der Waals surface area contributed by atoms with Crippen LogP contribution < -0.4 is 0 Å². The van der Waals surface area contributed by atoms with Crippen molar-refractivity contribution in [1.29, 1.82) is 0 Å². The van der Waals surface area contributed by atoms with Crippen molar-refractivity contribution in [2.45, 2.75) is 31.2 Å². The summed E-state index contributed by atoms with van der Waals surface area (Å²) in [6.45, 7) is 3.51. The SMILES string of the molecule is CCn1cc(S(=O)(=O)N2CC[C@@H](Cc3ccc(C(=O)O)cc3)C2)cn1. The average molecular weight is 363 g/mol. The standard InChI is InChI=1S/C17H21N3O4S/c1-2-19-12-16(10-18-19)25(23,24)20-8-7-14(11-20)9-13-3-5-15(6-4-13)17(21)22/h3-6,10,12,14H,2,7-9,11H2,1H3,(H,21,22)/t14-/m0/s1. The molecule has 1 aromatic carbocycles. The predicted molar refractivity (Wildman–Crippen MR) is 91.9 cm³/mol. The van der Waals surface area contributed by atoms with E-state index in [1.807, 2.05) is 6.92 Å². The van der Waals surface area contributed by atoms with Gasteiger partial charge in [-0.25, -0.2) is 13.2 Å². The molecule has 8 heteroatoms. The van der Waals surface area contributed by atoms with Crippen LogP contribution in [-0.2, 0) is 23.0 Å². The molecular formula is C17H21N3O4S. The molecule has 1 aliphatic rings. The molecule has 2 heterocycles. The van der Waals surface area contributed by atoms with E-state index in [1.54, 1.807) is 35.1 Å². The monoisotopic (exact) mass is 363 g/mol. The zero-order chi connectivity index (χ0) is 18.0. The van der Waals surface area contributed by atoms with Gasteiger partial charge in [0.25, 0.3) is 0 Å². The fraction of sp³-hybridized carbons (Fsp3) is 0.412. The first-order valence-electron chi connectivity index (χ1n) is 8.25. The van der Waals surface area contributed by atoms with Gasteiger partial charge >= 0.3 is 5.97 Å². The topological polar surface area (TPSA) is 92.5 Å². The number of hydrogen-bond donors (Lipinski definition) is 1. The van der Waals surface area contributed by atoms with Crippen LogP contribution in [-0.4, -0.2) is 46.7 Å². The number of aryl methyl sites for hydroxylation is 1. The lowest BCUT2D eigenvalue weighted by Crippen LogP contribution is -2.29. The first-order valence-corrected chi connectivity index (χ1v) is 9.69. The highest BCUT2D eigenvalue weighted by molar-refractivity contribution is 7.89. The van der Waals surface area contributed by atoms with E-state index in [2.05, 4.69) is 5.10 Å². The number of sulfonamides is 1. The second-order valence-corrected chi connectivity index (χ2v) is 8.19. The van der Waals surface area contributed by atoms with E-state index >= 15 is 0 Å². The Morgan fingerprint density at radius 1 is 1.32 bits per heavy atom. The Labute approximate surface area is 146 Å². The van der Waals surface area contributed by atoms with E-state index in [-0.39, 0.29) is 16.4 Å². The van der Waals surface area contributed by atoms with Crippen molar-refractivity contribution in [2.75, 3.05) is 13.1 Å². The molecule has 0 unspecified atom stereocenters. The Balaban J connectivity index is 1.65. The molecule has 0 spiro atoms. The molecule has 1 atom stereocenters. The van der Waals surface area contributed by atoms with Crippen LogP contribution in [0.25, 0.3) is 0 Å². The molecule has 0 aliphatic carbocycles. The van der Waals surface area contributed by atoms with Crippen molar-refractivity contribution in [3.63, 3.8) is 0 Å². The summed E-state index contributed by atoms with van der Waals surface area (Å²) in [7, 11) is -3.50. The minimum Gasteiger partial charge on any atom is -0.478 e. The van der Waals surface area contributed by atoms with Gasteiger partial charge in [-0.3, -0.25) is 4.68 Å². The molecule has 0 saturated carbocycles. The van der Waals surface area contributed by atoms with Crippen molar-refractivity contribution in [3.05, 3.63) is 47.8 Å². The predicted octanol–water partition coefficient (Wildman–Crippen LogP) is 1.85. The third-order valence-electron chi connectivity index (χ3n) is 4.55. The van der Waals surface area contributed by atoms with E-state index in [9.17, 15) is 13.2 Å². The van der Waals surface area contributed by atoms with Crippen molar-refractivity contribution in [2.24, 2.45) is 5.92 Å². The Kier molecular flexibility index (Phi) is 4.91. The van der Waals surface area contributed by atoms with E-state index < -0.39 is 16.0 Å². The molecule has 0 bridgehead atoms. The second kappa shape index (κ2) is 6.97. The van der Waals surface area contributed by atoms with Gasteiger partial charge in [-0.15, -0.1) is 0 Å². The Morgan fingerprint density at radius 2 is 2.04 bits per heavy atom. The summed E-state index contributed by atoms with van der Waals surface area (Å²) in [6, 6.07) is 6.76. The summed E-state index contributed by atoms with van der Waals surface area (Å²) in [4.78, 5) is 11.1. The number of aromatic nitrogens is 2. The summed E-state index contributed by atoms with van der Waals surface area (Å²) in [5.74, 6) is -0.719. The highest BCUT2D eigenvalue weighted by Gasteiger charge is 2.33. The Hall–Kier alpha value is -2.19. The van der Waals surface area contributed by atoms with Gasteiger partial charge in [-0.05, 0) is 43.4 Å². The zero-order valence-electron chi connectivity index (χ0n) is 14.0. The maximum Gasteiger partial charge on any atom is 0.335 e. The maximum absolute atomic E-state index is 12.7. The highest BCUT2D eigenvalue weighted by atomic mass is 32.2. The first kappa shape index (κ1) is 17.6. The number of aromatic carboxylic acids is 1. The van der Waals surface area contributed by atoms with Gasteiger partial charge in [0.2, 0.25) is 10.0 Å². The second-order valence-electron chi connectivity index (χ2n) is 6.26. The molecule has 7 nitrogen and oxygen atoms in total.